The van der Waals surface area contributed by atoms with Crippen LogP contribution in [0.2, 0.25) is 0 Å². The quantitative estimate of drug-likeness (QED) is 0.628. The maximum Gasteiger partial charge on any atom is 0.269 e. The fourth-order valence-electron chi connectivity index (χ4n) is 1.53. The van der Waals surface area contributed by atoms with Crippen LogP contribution in [-0.4, -0.2) is 9.13 Å². The van der Waals surface area contributed by atoms with Gasteiger partial charge in [-0.25, -0.2) is 0 Å². The molecule has 0 bridgehead atoms. The lowest BCUT2D eigenvalue weighted by Crippen LogP contribution is -1.96. The summed E-state index contributed by atoms with van der Waals surface area (Å²) in [6, 6.07) is 15.3. The number of nitro benzene ring substituents is 1. The molecule has 0 fully saturated rings. The first-order chi connectivity index (χ1) is 8.66. The first-order valence-electron chi connectivity index (χ1n) is 5.33. The van der Waals surface area contributed by atoms with E-state index in [0.29, 0.717) is 10.6 Å². The van der Waals surface area contributed by atoms with Gasteiger partial charge in [0, 0.05) is 17.0 Å². The summed E-state index contributed by atoms with van der Waals surface area (Å²) in [5.74, 6) is 0.415. The summed E-state index contributed by atoms with van der Waals surface area (Å²) in [5.41, 5.74) is 0.990. The number of nitrogens with zero attached hydrogens (tertiary/aromatic N) is 1. The normalized spacial score (nSPS) is 12.0. The fourth-order valence-corrected chi connectivity index (χ4v) is 2.63. The Bertz CT molecular complexity index is 567. The molecule has 2 aromatic rings. The van der Waals surface area contributed by atoms with Crippen molar-refractivity contribution in [2.24, 2.45) is 0 Å². The van der Waals surface area contributed by atoms with Gasteiger partial charge in [-0.05, 0) is 17.7 Å². The van der Waals surface area contributed by atoms with Gasteiger partial charge in [0.1, 0.15) is 0 Å². The maximum atomic E-state index is 12.0. The lowest BCUT2D eigenvalue weighted by Gasteiger charge is -2.02. The van der Waals surface area contributed by atoms with Gasteiger partial charge in [-0.15, -0.1) is 0 Å². The molecule has 0 radical (unpaired) electrons. The van der Waals surface area contributed by atoms with Crippen LogP contribution in [-0.2, 0) is 16.6 Å². The topological polar surface area (TPSA) is 60.2 Å². The smallest absolute Gasteiger partial charge is 0.258 e. The Kier molecular flexibility index (Phi) is 3.84. The molecular weight excluding hydrogens is 250 g/mol. The second kappa shape index (κ2) is 5.55. The van der Waals surface area contributed by atoms with Crippen molar-refractivity contribution in [3.05, 3.63) is 70.3 Å². The minimum atomic E-state index is -1.18. The Morgan fingerprint density at radius 3 is 2.17 bits per heavy atom. The highest BCUT2D eigenvalue weighted by Gasteiger charge is 2.08. The molecule has 0 aliphatic rings. The molecule has 0 aliphatic heterocycles. The largest absolute Gasteiger partial charge is 0.269 e. The van der Waals surface area contributed by atoms with E-state index in [2.05, 4.69) is 0 Å². The minimum Gasteiger partial charge on any atom is -0.258 e. The first-order valence-corrected chi connectivity index (χ1v) is 6.65. The van der Waals surface area contributed by atoms with Crippen molar-refractivity contribution in [1.29, 1.82) is 0 Å². The van der Waals surface area contributed by atoms with Crippen LogP contribution in [0.4, 0.5) is 5.69 Å². The van der Waals surface area contributed by atoms with E-state index in [4.69, 9.17) is 0 Å². The molecule has 4 nitrogen and oxygen atoms in total. The lowest BCUT2D eigenvalue weighted by atomic mass is 10.2. The van der Waals surface area contributed by atoms with Gasteiger partial charge in [0.15, 0.2) is 0 Å². The summed E-state index contributed by atoms with van der Waals surface area (Å²) in [6.07, 6.45) is 0. The van der Waals surface area contributed by atoms with Crippen molar-refractivity contribution < 1.29 is 9.13 Å². The van der Waals surface area contributed by atoms with Gasteiger partial charge in [-0.1, -0.05) is 30.3 Å². The van der Waals surface area contributed by atoms with Gasteiger partial charge in [0.05, 0.1) is 21.5 Å². The molecule has 92 valence electrons. The highest BCUT2D eigenvalue weighted by molar-refractivity contribution is 7.84. The van der Waals surface area contributed by atoms with Crippen LogP contribution < -0.4 is 0 Å². The van der Waals surface area contributed by atoms with Gasteiger partial charge in [0.25, 0.3) is 5.69 Å². The number of hydrogen-bond acceptors (Lipinski definition) is 3. The molecule has 0 saturated carbocycles. The fraction of sp³-hybridized carbons (Fsp3) is 0.0769. The molecule has 0 spiro atoms. The van der Waals surface area contributed by atoms with Crippen molar-refractivity contribution in [3.63, 3.8) is 0 Å². The van der Waals surface area contributed by atoms with E-state index in [0.717, 1.165) is 5.56 Å². The molecular formula is C13H11NO3S. The predicted octanol–water partition coefficient (Wildman–Crippen LogP) is 2.90. The van der Waals surface area contributed by atoms with Gasteiger partial charge in [-0.2, -0.15) is 0 Å². The second-order valence-electron chi connectivity index (χ2n) is 3.73. The van der Waals surface area contributed by atoms with E-state index in [1.165, 1.54) is 24.3 Å². The molecule has 2 aromatic carbocycles. The van der Waals surface area contributed by atoms with E-state index >= 15 is 0 Å². The van der Waals surface area contributed by atoms with Crippen LogP contribution in [0, 0.1) is 10.1 Å². The summed E-state index contributed by atoms with van der Waals surface area (Å²) >= 11 is 0. The third-order valence-electron chi connectivity index (χ3n) is 2.45. The Labute approximate surface area is 107 Å². The van der Waals surface area contributed by atoms with Gasteiger partial charge in [-0.3, -0.25) is 14.3 Å². The number of nitro groups is 1. The monoisotopic (exact) mass is 261 g/mol. The Morgan fingerprint density at radius 2 is 1.61 bits per heavy atom. The second-order valence-corrected chi connectivity index (χ2v) is 5.18. The third kappa shape index (κ3) is 3.01. The standard InChI is InChI=1S/C13H11NO3S/c15-14(16)12-6-8-13(9-7-12)18(17)10-11-4-2-1-3-5-11/h1-9H,10H2/t18-/m1/s1. The lowest BCUT2D eigenvalue weighted by molar-refractivity contribution is -0.384. The van der Waals surface area contributed by atoms with E-state index < -0.39 is 15.7 Å². The molecule has 0 aromatic heterocycles. The van der Waals surface area contributed by atoms with E-state index in [1.54, 1.807) is 0 Å². The third-order valence-corrected chi connectivity index (χ3v) is 3.84. The summed E-state index contributed by atoms with van der Waals surface area (Å²) in [5, 5.41) is 10.5. The number of benzene rings is 2. The maximum absolute atomic E-state index is 12.0. The molecule has 2 rings (SSSR count). The minimum absolute atomic E-state index is 0.00969. The summed E-state index contributed by atoms with van der Waals surface area (Å²) in [4.78, 5) is 10.6. The predicted molar refractivity (Wildman–Crippen MR) is 69.7 cm³/mol. The van der Waals surface area contributed by atoms with Crippen molar-refractivity contribution in [3.8, 4) is 0 Å². The zero-order valence-electron chi connectivity index (χ0n) is 9.48. The van der Waals surface area contributed by atoms with Crippen molar-refractivity contribution >= 4 is 16.5 Å². The van der Waals surface area contributed by atoms with Crippen molar-refractivity contribution in [1.82, 2.24) is 0 Å². The van der Waals surface area contributed by atoms with Gasteiger partial charge < -0.3 is 0 Å². The summed E-state index contributed by atoms with van der Waals surface area (Å²) in [6.45, 7) is 0. The van der Waals surface area contributed by atoms with Crippen LogP contribution >= 0.6 is 0 Å². The first kappa shape index (κ1) is 12.4. The average molecular weight is 261 g/mol. The van der Waals surface area contributed by atoms with E-state index in [1.807, 2.05) is 30.3 Å². The van der Waals surface area contributed by atoms with Crippen LogP contribution in [0.25, 0.3) is 0 Å². The van der Waals surface area contributed by atoms with Crippen LogP contribution in [0.1, 0.15) is 5.56 Å². The summed E-state index contributed by atoms with van der Waals surface area (Å²) < 4.78 is 12.0. The molecule has 18 heavy (non-hydrogen) atoms. The SMILES string of the molecule is O=[N+]([O-])c1ccc([S@](=O)Cc2ccccc2)cc1. The molecule has 0 heterocycles. The number of rotatable bonds is 4. The number of hydrogen-bond donors (Lipinski definition) is 0. The molecule has 0 amide bonds. The molecule has 1 atom stereocenters. The molecule has 0 aliphatic carbocycles. The zero-order chi connectivity index (χ0) is 13.0. The zero-order valence-corrected chi connectivity index (χ0v) is 10.3. The highest BCUT2D eigenvalue weighted by Crippen LogP contribution is 2.16. The average Bonchev–Trinajstić information content (AvgIpc) is 2.40. The van der Waals surface area contributed by atoms with Crippen LogP contribution in [0.15, 0.2) is 59.5 Å². The Balaban J connectivity index is 2.12. The number of non-ortho nitro benzene ring substituents is 1. The van der Waals surface area contributed by atoms with Gasteiger partial charge in [0.2, 0.25) is 0 Å². The van der Waals surface area contributed by atoms with E-state index in [-0.39, 0.29) is 5.69 Å². The summed E-state index contributed by atoms with van der Waals surface area (Å²) in [7, 11) is -1.18. The molecule has 0 saturated heterocycles. The highest BCUT2D eigenvalue weighted by atomic mass is 32.2. The van der Waals surface area contributed by atoms with E-state index in [9.17, 15) is 14.3 Å². The van der Waals surface area contributed by atoms with Crippen LogP contribution in [0.5, 0.6) is 0 Å². The van der Waals surface area contributed by atoms with Crippen LogP contribution in [0.3, 0.4) is 0 Å². The molecule has 0 N–H and O–H groups in total. The molecule has 0 unspecified atom stereocenters. The van der Waals surface area contributed by atoms with Gasteiger partial charge >= 0.3 is 0 Å². The van der Waals surface area contributed by atoms with Crippen molar-refractivity contribution in [2.75, 3.05) is 0 Å². The Morgan fingerprint density at radius 1 is 1.00 bits per heavy atom. The van der Waals surface area contributed by atoms with Crippen molar-refractivity contribution in [2.45, 2.75) is 10.6 Å². The Hall–Kier alpha value is -2.01. The molecule has 5 heteroatoms.